The molecule has 0 unspecified atom stereocenters. The van der Waals surface area contributed by atoms with Gasteiger partial charge in [0.2, 0.25) is 11.8 Å². The van der Waals surface area contributed by atoms with E-state index in [1.54, 1.807) is 4.90 Å². The number of aryl methyl sites for hydroxylation is 1. The molecular weight excluding hydrogens is 266 g/mol. The van der Waals surface area contributed by atoms with Crippen LogP contribution in [0, 0.1) is 6.92 Å². The Morgan fingerprint density at radius 2 is 1.90 bits per heavy atom. The van der Waals surface area contributed by atoms with Gasteiger partial charge in [-0.05, 0) is 38.5 Å². The van der Waals surface area contributed by atoms with Crippen LogP contribution < -0.4 is 10.6 Å². The maximum Gasteiger partial charge on any atom is 0.238 e. The van der Waals surface area contributed by atoms with E-state index in [0.29, 0.717) is 13.0 Å². The summed E-state index contributed by atoms with van der Waals surface area (Å²) < 4.78 is 0. The molecule has 5 heteroatoms. The van der Waals surface area contributed by atoms with E-state index in [4.69, 9.17) is 0 Å². The Bertz CT molecular complexity index is 470. The van der Waals surface area contributed by atoms with Crippen LogP contribution in [-0.4, -0.2) is 42.9 Å². The van der Waals surface area contributed by atoms with Crippen LogP contribution in [-0.2, 0) is 9.59 Å². The lowest BCUT2D eigenvalue weighted by Crippen LogP contribution is -2.34. The SMILES string of the molecule is CCN(CC)C(=O)CCNCC(=O)Nc1cccc(C)c1. The van der Waals surface area contributed by atoms with Crippen molar-refractivity contribution in [1.82, 2.24) is 10.2 Å². The summed E-state index contributed by atoms with van der Waals surface area (Å²) in [4.78, 5) is 25.3. The van der Waals surface area contributed by atoms with Gasteiger partial charge in [-0.15, -0.1) is 0 Å². The molecule has 0 bridgehead atoms. The van der Waals surface area contributed by atoms with Crippen LogP contribution in [0.25, 0.3) is 0 Å². The molecule has 0 aliphatic carbocycles. The van der Waals surface area contributed by atoms with Gasteiger partial charge in [-0.3, -0.25) is 9.59 Å². The maximum absolute atomic E-state index is 11.8. The lowest BCUT2D eigenvalue weighted by molar-refractivity contribution is -0.130. The van der Waals surface area contributed by atoms with Crippen LogP contribution in [0.1, 0.15) is 25.8 Å². The first-order chi connectivity index (χ1) is 10.1. The minimum absolute atomic E-state index is 0.101. The second-order valence-electron chi connectivity index (χ2n) is 4.91. The number of anilines is 1. The topological polar surface area (TPSA) is 61.4 Å². The fourth-order valence-electron chi connectivity index (χ4n) is 2.06. The van der Waals surface area contributed by atoms with E-state index in [2.05, 4.69) is 10.6 Å². The molecule has 0 saturated heterocycles. The van der Waals surface area contributed by atoms with Crippen molar-refractivity contribution in [2.75, 3.05) is 31.5 Å². The highest BCUT2D eigenvalue weighted by Gasteiger charge is 2.09. The van der Waals surface area contributed by atoms with E-state index in [-0.39, 0.29) is 18.4 Å². The van der Waals surface area contributed by atoms with E-state index in [0.717, 1.165) is 24.3 Å². The number of amides is 2. The van der Waals surface area contributed by atoms with Crippen molar-refractivity contribution in [1.29, 1.82) is 0 Å². The molecule has 0 radical (unpaired) electrons. The van der Waals surface area contributed by atoms with Crippen LogP contribution >= 0.6 is 0 Å². The summed E-state index contributed by atoms with van der Waals surface area (Å²) in [5.74, 6) is 0.0162. The van der Waals surface area contributed by atoms with Crippen LogP contribution in [0.5, 0.6) is 0 Å². The molecule has 21 heavy (non-hydrogen) atoms. The molecular formula is C16H25N3O2. The highest BCUT2D eigenvalue weighted by atomic mass is 16.2. The lowest BCUT2D eigenvalue weighted by atomic mass is 10.2. The Morgan fingerprint density at radius 1 is 1.19 bits per heavy atom. The van der Waals surface area contributed by atoms with Gasteiger partial charge in [-0.1, -0.05) is 12.1 Å². The van der Waals surface area contributed by atoms with Crippen molar-refractivity contribution in [2.24, 2.45) is 0 Å². The molecule has 1 aromatic rings. The molecule has 0 spiro atoms. The zero-order valence-electron chi connectivity index (χ0n) is 13.1. The van der Waals surface area contributed by atoms with E-state index < -0.39 is 0 Å². The average molecular weight is 291 g/mol. The molecule has 2 amide bonds. The van der Waals surface area contributed by atoms with Gasteiger partial charge < -0.3 is 15.5 Å². The van der Waals surface area contributed by atoms with Gasteiger partial charge in [-0.2, -0.15) is 0 Å². The van der Waals surface area contributed by atoms with E-state index in [9.17, 15) is 9.59 Å². The van der Waals surface area contributed by atoms with Crippen LogP contribution in [0.15, 0.2) is 24.3 Å². The molecule has 0 atom stereocenters. The Balaban J connectivity index is 2.23. The Hall–Kier alpha value is -1.88. The summed E-state index contributed by atoms with van der Waals surface area (Å²) in [6.07, 6.45) is 0.416. The summed E-state index contributed by atoms with van der Waals surface area (Å²) in [7, 11) is 0. The minimum atomic E-state index is -0.101. The Kier molecular flexibility index (Phi) is 7.46. The monoisotopic (exact) mass is 291 g/mol. The summed E-state index contributed by atoms with van der Waals surface area (Å²) in [6, 6.07) is 7.66. The summed E-state index contributed by atoms with van der Waals surface area (Å²) >= 11 is 0. The van der Waals surface area contributed by atoms with Crippen molar-refractivity contribution in [2.45, 2.75) is 27.2 Å². The highest BCUT2D eigenvalue weighted by Crippen LogP contribution is 2.08. The largest absolute Gasteiger partial charge is 0.343 e. The van der Waals surface area contributed by atoms with Crippen molar-refractivity contribution in [3.8, 4) is 0 Å². The molecule has 2 N–H and O–H groups in total. The first-order valence-electron chi connectivity index (χ1n) is 7.41. The highest BCUT2D eigenvalue weighted by molar-refractivity contribution is 5.92. The fourth-order valence-corrected chi connectivity index (χ4v) is 2.06. The standard InChI is InChI=1S/C16H25N3O2/c1-4-19(5-2)16(21)9-10-17-12-15(20)18-14-8-6-7-13(3)11-14/h6-8,11,17H,4-5,9-10,12H2,1-3H3,(H,18,20). The summed E-state index contributed by atoms with van der Waals surface area (Å²) in [5, 5.41) is 5.81. The van der Waals surface area contributed by atoms with E-state index >= 15 is 0 Å². The molecule has 0 aliphatic heterocycles. The van der Waals surface area contributed by atoms with Crippen LogP contribution in [0.2, 0.25) is 0 Å². The van der Waals surface area contributed by atoms with Gasteiger partial charge in [0.15, 0.2) is 0 Å². The van der Waals surface area contributed by atoms with Gasteiger partial charge in [0, 0.05) is 31.7 Å². The number of nitrogens with zero attached hydrogens (tertiary/aromatic N) is 1. The number of rotatable bonds is 8. The van der Waals surface area contributed by atoms with Crippen LogP contribution in [0.4, 0.5) is 5.69 Å². The predicted octanol–water partition coefficient (Wildman–Crippen LogP) is 1.78. The number of nitrogens with one attached hydrogen (secondary N) is 2. The molecule has 1 aromatic carbocycles. The average Bonchev–Trinajstić information content (AvgIpc) is 2.45. The number of benzene rings is 1. The predicted molar refractivity (Wildman–Crippen MR) is 85.2 cm³/mol. The first kappa shape index (κ1) is 17.2. The molecule has 0 saturated carbocycles. The fraction of sp³-hybridized carbons (Fsp3) is 0.500. The van der Waals surface area contributed by atoms with Crippen molar-refractivity contribution in [3.05, 3.63) is 29.8 Å². The van der Waals surface area contributed by atoms with Gasteiger partial charge in [0.25, 0.3) is 0 Å². The molecule has 0 heterocycles. The lowest BCUT2D eigenvalue weighted by Gasteiger charge is -2.18. The van der Waals surface area contributed by atoms with Gasteiger partial charge in [0.05, 0.1) is 6.54 Å². The molecule has 0 fully saturated rings. The maximum atomic E-state index is 11.8. The Morgan fingerprint density at radius 3 is 2.52 bits per heavy atom. The van der Waals surface area contributed by atoms with E-state index in [1.807, 2.05) is 45.0 Å². The van der Waals surface area contributed by atoms with Crippen molar-refractivity contribution < 1.29 is 9.59 Å². The number of carbonyl (C=O) groups excluding carboxylic acids is 2. The van der Waals surface area contributed by atoms with Crippen LogP contribution in [0.3, 0.4) is 0 Å². The van der Waals surface area contributed by atoms with Crippen molar-refractivity contribution >= 4 is 17.5 Å². The number of hydrogen-bond acceptors (Lipinski definition) is 3. The van der Waals surface area contributed by atoms with Gasteiger partial charge in [0.1, 0.15) is 0 Å². The normalized spacial score (nSPS) is 10.2. The van der Waals surface area contributed by atoms with Gasteiger partial charge in [-0.25, -0.2) is 0 Å². The minimum Gasteiger partial charge on any atom is -0.343 e. The number of carbonyl (C=O) groups is 2. The van der Waals surface area contributed by atoms with Gasteiger partial charge >= 0.3 is 0 Å². The molecule has 116 valence electrons. The summed E-state index contributed by atoms with van der Waals surface area (Å²) in [5.41, 5.74) is 1.89. The molecule has 5 nitrogen and oxygen atoms in total. The third-order valence-corrected chi connectivity index (χ3v) is 3.22. The third kappa shape index (κ3) is 6.40. The van der Waals surface area contributed by atoms with E-state index in [1.165, 1.54) is 0 Å². The second-order valence-corrected chi connectivity index (χ2v) is 4.91. The zero-order chi connectivity index (χ0) is 15.7. The molecule has 1 rings (SSSR count). The Labute approximate surface area is 126 Å². The second kappa shape index (κ2) is 9.13. The zero-order valence-corrected chi connectivity index (χ0v) is 13.1. The quantitative estimate of drug-likeness (QED) is 0.718. The smallest absolute Gasteiger partial charge is 0.238 e. The first-order valence-corrected chi connectivity index (χ1v) is 7.41. The molecule has 0 aliphatic rings. The number of hydrogen-bond donors (Lipinski definition) is 2. The third-order valence-electron chi connectivity index (χ3n) is 3.22. The van der Waals surface area contributed by atoms with Crippen molar-refractivity contribution in [3.63, 3.8) is 0 Å². The summed E-state index contributed by atoms with van der Waals surface area (Å²) in [6.45, 7) is 8.07. The molecule has 0 aromatic heterocycles.